The molecule has 1 aromatic rings. The van der Waals surface area contributed by atoms with Crippen LogP contribution in [0.25, 0.3) is 0 Å². The predicted molar refractivity (Wildman–Crippen MR) is 67.1 cm³/mol. The number of hydrogen-bond acceptors (Lipinski definition) is 4. The van der Waals surface area contributed by atoms with Gasteiger partial charge in [-0.05, 0) is 5.56 Å². The number of carboxylic acid groups (broad SMARTS) is 1. The molecule has 0 fully saturated rings. The number of hydrogen-bond donors (Lipinski definition) is 1. The summed E-state index contributed by atoms with van der Waals surface area (Å²) in [6, 6.07) is 11.0. The van der Waals surface area contributed by atoms with Crippen LogP contribution < -0.4 is 0 Å². The SMILES string of the molecule is N#CCC(=O)CC(CC(=O)O)OCc1ccccc1. The highest BCUT2D eigenvalue weighted by molar-refractivity contribution is 5.81. The largest absolute Gasteiger partial charge is 0.481 e. The first-order valence-corrected chi connectivity index (χ1v) is 5.87. The van der Waals surface area contributed by atoms with Gasteiger partial charge < -0.3 is 9.84 Å². The maximum atomic E-state index is 11.4. The predicted octanol–water partition coefficient (Wildman–Crippen LogP) is 1.92. The summed E-state index contributed by atoms with van der Waals surface area (Å²) in [7, 11) is 0. The van der Waals surface area contributed by atoms with E-state index in [4.69, 9.17) is 15.1 Å². The molecule has 1 unspecified atom stereocenters. The molecule has 0 saturated heterocycles. The number of nitriles is 1. The van der Waals surface area contributed by atoms with Gasteiger partial charge in [-0.3, -0.25) is 9.59 Å². The zero-order valence-electron chi connectivity index (χ0n) is 10.4. The van der Waals surface area contributed by atoms with Crippen LogP contribution in [0.4, 0.5) is 0 Å². The van der Waals surface area contributed by atoms with Crippen LogP contribution in [-0.4, -0.2) is 23.0 Å². The van der Waals surface area contributed by atoms with E-state index in [1.807, 2.05) is 30.3 Å². The molecule has 0 heterocycles. The van der Waals surface area contributed by atoms with Crippen molar-refractivity contribution in [2.24, 2.45) is 0 Å². The smallest absolute Gasteiger partial charge is 0.305 e. The summed E-state index contributed by atoms with van der Waals surface area (Å²) >= 11 is 0. The lowest BCUT2D eigenvalue weighted by Crippen LogP contribution is -2.21. The van der Waals surface area contributed by atoms with E-state index in [0.717, 1.165) is 5.56 Å². The van der Waals surface area contributed by atoms with Crippen molar-refractivity contribution in [2.45, 2.75) is 32.0 Å². The van der Waals surface area contributed by atoms with Gasteiger partial charge in [0.15, 0.2) is 0 Å². The lowest BCUT2D eigenvalue weighted by atomic mass is 10.1. The van der Waals surface area contributed by atoms with Crippen molar-refractivity contribution >= 4 is 11.8 Å². The second kappa shape index (κ2) is 8.01. The number of carboxylic acids is 1. The van der Waals surface area contributed by atoms with Crippen LogP contribution in [0.1, 0.15) is 24.8 Å². The van der Waals surface area contributed by atoms with Crippen molar-refractivity contribution in [3.8, 4) is 6.07 Å². The summed E-state index contributed by atoms with van der Waals surface area (Å²) in [5, 5.41) is 17.2. The van der Waals surface area contributed by atoms with Gasteiger partial charge in [-0.15, -0.1) is 0 Å². The fraction of sp³-hybridized carbons (Fsp3) is 0.357. The quantitative estimate of drug-likeness (QED) is 0.772. The van der Waals surface area contributed by atoms with Crippen molar-refractivity contribution in [3.05, 3.63) is 35.9 Å². The van der Waals surface area contributed by atoms with Crippen molar-refractivity contribution in [1.82, 2.24) is 0 Å². The average Bonchev–Trinajstić information content (AvgIpc) is 2.37. The summed E-state index contributed by atoms with van der Waals surface area (Å²) in [5.41, 5.74) is 0.908. The maximum Gasteiger partial charge on any atom is 0.305 e. The molecule has 0 aromatic heterocycles. The van der Waals surface area contributed by atoms with E-state index < -0.39 is 12.1 Å². The minimum absolute atomic E-state index is 0.0489. The molecule has 5 heteroatoms. The third-order valence-corrected chi connectivity index (χ3v) is 2.46. The van der Waals surface area contributed by atoms with Crippen molar-refractivity contribution < 1.29 is 19.4 Å². The van der Waals surface area contributed by atoms with Crippen LogP contribution in [0.15, 0.2) is 30.3 Å². The average molecular weight is 261 g/mol. The molecule has 1 atom stereocenters. The van der Waals surface area contributed by atoms with Gasteiger partial charge in [0, 0.05) is 6.42 Å². The zero-order chi connectivity index (χ0) is 14.1. The van der Waals surface area contributed by atoms with Gasteiger partial charge in [-0.2, -0.15) is 5.26 Å². The fourth-order valence-corrected chi connectivity index (χ4v) is 1.59. The van der Waals surface area contributed by atoms with Gasteiger partial charge in [0.1, 0.15) is 5.78 Å². The summed E-state index contributed by atoms with van der Waals surface area (Å²) in [6.45, 7) is 0.249. The third kappa shape index (κ3) is 6.34. The Kier molecular flexibility index (Phi) is 6.27. The molecule has 5 nitrogen and oxygen atoms in total. The minimum atomic E-state index is -1.03. The topological polar surface area (TPSA) is 87.4 Å². The summed E-state index contributed by atoms with van der Waals surface area (Å²) in [6.07, 6.45) is -1.21. The van der Waals surface area contributed by atoms with Gasteiger partial charge in [-0.25, -0.2) is 0 Å². The summed E-state index contributed by atoms with van der Waals surface area (Å²) in [4.78, 5) is 22.1. The lowest BCUT2D eigenvalue weighted by molar-refractivity contribution is -0.141. The first-order chi connectivity index (χ1) is 9.11. The van der Waals surface area contributed by atoms with Gasteiger partial charge >= 0.3 is 5.97 Å². The van der Waals surface area contributed by atoms with Gasteiger partial charge in [0.2, 0.25) is 0 Å². The summed E-state index contributed by atoms with van der Waals surface area (Å²) < 4.78 is 5.44. The molecule has 100 valence electrons. The standard InChI is InChI=1S/C14H15NO4/c15-7-6-12(16)8-13(9-14(17)18)19-10-11-4-2-1-3-5-11/h1-5,13H,6,8-10H2,(H,17,18). The molecule has 1 rings (SSSR count). The Hall–Kier alpha value is -2.19. The lowest BCUT2D eigenvalue weighted by Gasteiger charge is -2.14. The number of ether oxygens (including phenoxy) is 1. The molecule has 1 N–H and O–H groups in total. The molecule has 1 aromatic carbocycles. The van der Waals surface area contributed by atoms with E-state index in [-0.39, 0.29) is 31.7 Å². The number of ketones is 1. The molecule has 0 saturated carbocycles. The van der Waals surface area contributed by atoms with E-state index in [1.165, 1.54) is 0 Å². The number of aliphatic carboxylic acids is 1. The van der Waals surface area contributed by atoms with Crippen LogP contribution in [0.5, 0.6) is 0 Å². The van der Waals surface area contributed by atoms with E-state index in [9.17, 15) is 9.59 Å². The Bertz CT molecular complexity index is 464. The molecule has 19 heavy (non-hydrogen) atoms. The fourth-order valence-electron chi connectivity index (χ4n) is 1.59. The number of benzene rings is 1. The third-order valence-electron chi connectivity index (χ3n) is 2.46. The molecule has 0 aliphatic carbocycles. The normalized spacial score (nSPS) is 11.5. The Morgan fingerprint density at radius 3 is 2.53 bits per heavy atom. The Balaban J connectivity index is 2.52. The second-order valence-corrected chi connectivity index (χ2v) is 4.09. The Morgan fingerprint density at radius 2 is 1.95 bits per heavy atom. The van der Waals surface area contributed by atoms with Crippen LogP contribution >= 0.6 is 0 Å². The van der Waals surface area contributed by atoms with Crippen LogP contribution in [0.3, 0.4) is 0 Å². The molecule has 0 bridgehead atoms. The van der Waals surface area contributed by atoms with Crippen molar-refractivity contribution in [1.29, 1.82) is 5.26 Å². The molecule has 0 spiro atoms. The number of rotatable bonds is 8. The first kappa shape index (κ1) is 14.9. The molecule has 0 amide bonds. The second-order valence-electron chi connectivity index (χ2n) is 4.09. The Morgan fingerprint density at radius 1 is 1.26 bits per heavy atom. The number of carbonyl (C=O) groups excluding carboxylic acids is 1. The highest BCUT2D eigenvalue weighted by Crippen LogP contribution is 2.10. The first-order valence-electron chi connectivity index (χ1n) is 5.87. The van der Waals surface area contributed by atoms with E-state index >= 15 is 0 Å². The van der Waals surface area contributed by atoms with Crippen molar-refractivity contribution in [3.63, 3.8) is 0 Å². The zero-order valence-corrected chi connectivity index (χ0v) is 10.4. The van der Waals surface area contributed by atoms with E-state index in [0.29, 0.717) is 0 Å². The molecular weight excluding hydrogens is 246 g/mol. The number of Topliss-reactive ketones (excluding diaryl/α,β-unsaturated/α-hetero) is 1. The highest BCUT2D eigenvalue weighted by atomic mass is 16.5. The monoisotopic (exact) mass is 261 g/mol. The van der Waals surface area contributed by atoms with Crippen molar-refractivity contribution in [2.75, 3.05) is 0 Å². The number of nitrogens with zero attached hydrogens (tertiary/aromatic N) is 1. The molecule has 0 aliphatic heterocycles. The van der Waals surface area contributed by atoms with Gasteiger partial charge in [0.05, 0.1) is 31.6 Å². The molecule has 0 radical (unpaired) electrons. The van der Waals surface area contributed by atoms with Gasteiger partial charge in [0.25, 0.3) is 0 Å². The summed E-state index contributed by atoms with van der Waals surface area (Å²) in [5.74, 6) is -1.33. The minimum Gasteiger partial charge on any atom is -0.481 e. The van der Waals surface area contributed by atoms with E-state index in [1.54, 1.807) is 6.07 Å². The van der Waals surface area contributed by atoms with E-state index in [2.05, 4.69) is 0 Å². The Labute approximate surface area is 111 Å². The number of carbonyl (C=O) groups is 2. The maximum absolute atomic E-state index is 11.4. The van der Waals surface area contributed by atoms with Crippen LogP contribution in [0.2, 0.25) is 0 Å². The molecule has 0 aliphatic rings. The van der Waals surface area contributed by atoms with Crippen LogP contribution in [-0.2, 0) is 20.9 Å². The highest BCUT2D eigenvalue weighted by Gasteiger charge is 2.17. The molecular formula is C14H15NO4. The van der Waals surface area contributed by atoms with Crippen LogP contribution in [0, 0.1) is 11.3 Å². The van der Waals surface area contributed by atoms with Gasteiger partial charge in [-0.1, -0.05) is 30.3 Å².